The van der Waals surface area contributed by atoms with E-state index in [-0.39, 0.29) is 0 Å². The Hall–Kier alpha value is -8.34. The highest BCUT2D eigenvalue weighted by molar-refractivity contribution is 6.18. The van der Waals surface area contributed by atoms with Crippen LogP contribution in [-0.2, 0) is 0 Å². The van der Waals surface area contributed by atoms with Gasteiger partial charge in [0.25, 0.3) is 0 Å². The number of benzene rings is 10. The summed E-state index contributed by atoms with van der Waals surface area (Å²) in [7, 11) is 0. The summed E-state index contributed by atoms with van der Waals surface area (Å²) in [6.45, 7) is 0. The van der Waals surface area contributed by atoms with Crippen molar-refractivity contribution in [2.75, 3.05) is 0 Å². The average Bonchev–Trinajstić information content (AvgIpc) is 3.85. The Labute approximate surface area is 357 Å². The molecule has 0 radical (unpaired) electrons. The van der Waals surface area contributed by atoms with Gasteiger partial charge in [0.1, 0.15) is 0 Å². The predicted octanol–water partition coefficient (Wildman–Crippen LogP) is 15.1. The molecule has 0 unspecified atom stereocenters. The lowest BCUT2D eigenvalue weighted by Crippen LogP contribution is -2.03. The minimum absolute atomic E-state index is 0.644. The number of aromatic nitrogens is 4. The number of nitrogens with zero attached hydrogens (tertiary/aromatic N) is 4. The molecule has 4 nitrogen and oxygen atoms in total. The molecule has 288 valence electrons. The van der Waals surface area contributed by atoms with Crippen LogP contribution in [0.2, 0.25) is 0 Å². The summed E-state index contributed by atoms with van der Waals surface area (Å²) in [4.78, 5) is 10.9. The van der Waals surface area contributed by atoms with Gasteiger partial charge in [0.15, 0.2) is 0 Å². The molecule has 13 aromatic rings. The number of hydrogen-bond acceptors (Lipinski definition) is 2. The molecule has 0 atom stereocenters. The average molecular weight is 789 g/mol. The molecule has 0 bridgehead atoms. The molecular weight excluding hydrogens is 753 g/mol. The van der Waals surface area contributed by atoms with Crippen LogP contribution in [0.4, 0.5) is 0 Å². The fourth-order valence-electron chi connectivity index (χ4n) is 9.80. The molecule has 3 aromatic heterocycles. The lowest BCUT2D eigenvalue weighted by molar-refractivity contribution is 1.01. The Bertz CT molecular complexity index is 3930. The summed E-state index contributed by atoms with van der Waals surface area (Å²) < 4.78 is 4.66. The molecule has 0 amide bonds. The Morgan fingerprint density at radius 2 is 0.935 bits per heavy atom. The first kappa shape index (κ1) is 34.5. The lowest BCUT2D eigenvalue weighted by Gasteiger charge is -2.13. The fourth-order valence-corrected chi connectivity index (χ4v) is 9.80. The van der Waals surface area contributed by atoms with Gasteiger partial charge in [0, 0.05) is 38.2 Å². The Balaban J connectivity index is 1.04. The third-order valence-corrected chi connectivity index (χ3v) is 12.7. The normalized spacial score (nSPS) is 11.9. The summed E-state index contributed by atoms with van der Waals surface area (Å²) >= 11 is 0. The van der Waals surface area contributed by atoms with Gasteiger partial charge in [-0.2, -0.15) is 0 Å². The van der Waals surface area contributed by atoms with Gasteiger partial charge < -0.3 is 4.57 Å². The van der Waals surface area contributed by atoms with E-state index in [0.717, 1.165) is 60.8 Å². The second-order valence-electron chi connectivity index (χ2n) is 16.2. The van der Waals surface area contributed by atoms with Crippen LogP contribution in [0.3, 0.4) is 0 Å². The van der Waals surface area contributed by atoms with Crippen molar-refractivity contribution in [1.82, 2.24) is 19.1 Å². The number of hydrogen-bond donors (Lipinski definition) is 0. The molecule has 0 fully saturated rings. The molecule has 0 saturated carbocycles. The SMILES string of the molecule is c1ccc(-n2c3ccccc3c3c(-c4ccc5c(c4)c4cc6ccccc6cc4n5-c4nc(-c5cccc(-c6ccc7ccccc7c6)c5)c5ccccc5n4)cccc32)cc1. The molecule has 13 rings (SSSR count). The molecule has 10 aromatic carbocycles. The minimum Gasteiger partial charge on any atom is -0.309 e. The molecule has 0 aliphatic rings. The minimum atomic E-state index is 0.644. The number of rotatable bonds is 5. The maximum absolute atomic E-state index is 5.51. The zero-order valence-electron chi connectivity index (χ0n) is 33.6. The second-order valence-corrected chi connectivity index (χ2v) is 16.2. The van der Waals surface area contributed by atoms with Gasteiger partial charge in [-0.1, -0.05) is 152 Å². The largest absolute Gasteiger partial charge is 0.309 e. The van der Waals surface area contributed by atoms with E-state index in [0.29, 0.717) is 5.95 Å². The molecule has 0 saturated heterocycles. The molecule has 62 heavy (non-hydrogen) atoms. The van der Waals surface area contributed by atoms with Gasteiger partial charge in [-0.05, 0) is 111 Å². The lowest BCUT2D eigenvalue weighted by atomic mass is 9.97. The third-order valence-electron chi connectivity index (χ3n) is 12.7. The third kappa shape index (κ3) is 5.33. The van der Waals surface area contributed by atoms with E-state index in [1.54, 1.807) is 0 Å². The monoisotopic (exact) mass is 788 g/mol. The summed E-state index contributed by atoms with van der Waals surface area (Å²) in [6.07, 6.45) is 0. The van der Waals surface area contributed by atoms with Gasteiger partial charge in [0.05, 0.1) is 33.3 Å². The molecule has 4 heteroatoms. The van der Waals surface area contributed by atoms with Gasteiger partial charge >= 0.3 is 0 Å². The van der Waals surface area contributed by atoms with Crippen LogP contribution >= 0.6 is 0 Å². The van der Waals surface area contributed by atoms with E-state index in [9.17, 15) is 0 Å². The first-order valence-corrected chi connectivity index (χ1v) is 21.2. The quantitative estimate of drug-likeness (QED) is 0.174. The Morgan fingerprint density at radius 3 is 1.81 bits per heavy atom. The fraction of sp³-hybridized carbons (Fsp3) is 0. The van der Waals surface area contributed by atoms with Crippen LogP contribution in [0.15, 0.2) is 218 Å². The van der Waals surface area contributed by atoms with Crippen LogP contribution in [0, 0.1) is 0 Å². The van der Waals surface area contributed by atoms with Gasteiger partial charge in [-0.15, -0.1) is 0 Å². The van der Waals surface area contributed by atoms with Crippen LogP contribution in [0.25, 0.3) is 121 Å². The van der Waals surface area contributed by atoms with Crippen molar-refractivity contribution in [3.8, 4) is 45.1 Å². The van der Waals surface area contributed by atoms with Crippen LogP contribution in [0.5, 0.6) is 0 Å². The van der Waals surface area contributed by atoms with Crippen molar-refractivity contribution in [3.63, 3.8) is 0 Å². The number of para-hydroxylation sites is 3. The van der Waals surface area contributed by atoms with E-state index in [1.165, 1.54) is 54.5 Å². The first-order valence-electron chi connectivity index (χ1n) is 21.2. The van der Waals surface area contributed by atoms with E-state index < -0.39 is 0 Å². The topological polar surface area (TPSA) is 35.6 Å². The maximum Gasteiger partial charge on any atom is 0.235 e. The van der Waals surface area contributed by atoms with Crippen molar-refractivity contribution < 1.29 is 0 Å². The van der Waals surface area contributed by atoms with Crippen molar-refractivity contribution in [3.05, 3.63) is 218 Å². The first-order chi connectivity index (χ1) is 30.7. The van der Waals surface area contributed by atoms with Crippen molar-refractivity contribution >= 4 is 76.1 Å². The molecular formula is C58H36N4. The van der Waals surface area contributed by atoms with Crippen molar-refractivity contribution in [1.29, 1.82) is 0 Å². The van der Waals surface area contributed by atoms with Crippen LogP contribution in [-0.4, -0.2) is 19.1 Å². The second kappa shape index (κ2) is 13.6. The summed E-state index contributed by atoms with van der Waals surface area (Å²) in [6, 6.07) is 78.7. The number of fused-ring (bicyclic) bond motifs is 9. The molecule has 0 N–H and O–H groups in total. The highest BCUT2D eigenvalue weighted by Crippen LogP contribution is 2.42. The zero-order valence-corrected chi connectivity index (χ0v) is 33.6. The molecule has 0 aliphatic heterocycles. The van der Waals surface area contributed by atoms with E-state index in [2.05, 4.69) is 228 Å². The highest BCUT2D eigenvalue weighted by atomic mass is 15.2. The molecule has 3 heterocycles. The molecule has 0 spiro atoms. The Morgan fingerprint density at radius 1 is 0.306 bits per heavy atom. The van der Waals surface area contributed by atoms with Crippen molar-refractivity contribution in [2.45, 2.75) is 0 Å². The van der Waals surface area contributed by atoms with E-state index in [4.69, 9.17) is 9.97 Å². The van der Waals surface area contributed by atoms with Gasteiger partial charge in [-0.25, -0.2) is 9.97 Å². The summed E-state index contributed by atoms with van der Waals surface area (Å²) in [5.74, 6) is 0.644. The standard InChI is InChI=1S/C58H36N4/c1-2-20-45(21-3-1)61-52-26-11-9-23-48(52)56-46(24-13-27-54(56)61)43-30-31-53-49(35-43)50-34-40-16-6-7-17-41(40)36-55(50)62(53)58-59-51-25-10-8-22-47(51)57(60-58)44-19-12-18-39(33-44)42-29-28-37-14-4-5-15-38(37)32-42/h1-36H. The maximum atomic E-state index is 5.51. The van der Waals surface area contributed by atoms with Crippen molar-refractivity contribution in [2.24, 2.45) is 0 Å². The van der Waals surface area contributed by atoms with Crippen LogP contribution in [0.1, 0.15) is 0 Å². The zero-order chi connectivity index (χ0) is 40.7. The van der Waals surface area contributed by atoms with E-state index in [1.807, 2.05) is 0 Å². The summed E-state index contributed by atoms with van der Waals surface area (Å²) in [5, 5.41) is 10.6. The van der Waals surface area contributed by atoms with Gasteiger partial charge in [-0.3, -0.25) is 4.57 Å². The molecule has 0 aliphatic carbocycles. The predicted molar refractivity (Wildman–Crippen MR) is 260 cm³/mol. The smallest absolute Gasteiger partial charge is 0.235 e. The van der Waals surface area contributed by atoms with Gasteiger partial charge in [0.2, 0.25) is 5.95 Å². The van der Waals surface area contributed by atoms with E-state index >= 15 is 0 Å². The highest BCUT2D eigenvalue weighted by Gasteiger charge is 2.21. The Kier molecular flexibility index (Phi) is 7.57. The summed E-state index contributed by atoms with van der Waals surface area (Å²) in [5.41, 5.74) is 13.2. The van der Waals surface area contributed by atoms with Crippen LogP contribution < -0.4 is 0 Å².